The van der Waals surface area contributed by atoms with E-state index in [4.69, 9.17) is 4.74 Å². The molecule has 0 aromatic heterocycles. The Morgan fingerprint density at radius 2 is 1.45 bits per heavy atom. The quantitative estimate of drug-likeness (QED) is 0.466. The summed E-state index contributed by atoms with van der Waals surface area (Å²) in [5, 5.41) is 0. The van der Waals surface area contributed by atoms with E-state index in [1.807, 2.05) is 4.90 Å². The lowest BCUT2D eigenvalue weighted by atomic mass is 10.1. The highest BCUT2D eigenvalue weighted by atomic mass is 32.2. The average molecular weight is 330 g/mol. The predicted molar refractivity (Wildman–Crippen MR) is 96.6 cm³/mol. The summed E-state index contributed by atoms with van der Waals surface area (Å²) in [7, 11) is 0. The van der Waals surface area contributed by atoms with Gasteiger partial charge in [0.05, 0.1) is 19.0 Å². The van der Waals surface area contributed by atoms with Crippen LogP contribution in [-0.2, 0) is 9.53 Å². The number of hydrogen-bond donors (Lipinski definition) is 0. The third-order valence-electron chi connectivity index (χ3n) is 4.23. The second-order valence-corrected chi connectivity index (χ2v) is 7.33. The van der Waals surface area contributed by atoms with Crippen molar-refractivity contribution in [3.05, 3.63) is 0 Å². The van der Waals surface area contributed by atoms with E-state index in [0.29, 0.717) is 24.9 Å². The van der Waals surface area contributed by atoms with Crippen molar-refractivity contribution in [1.82, 2.24) is 4.90 Å². The first kappa shape index (κ1) is 19.8. The molecule has 4 heteroatoms. The smallest absolute Gasteiger partial charge is 0.232 e. The Bertz CT molecular complexity index is 268. The van der Waals surface area contributed by atoms with Crippen molar-refractivity contribution in [2.45, 2.75) is 71.1 Å². The minimum atomic E-state index is 0.292. The molecule has 1 rings (SSSR count). The zero-order valence-electron chi connectivity index (χ0n) is 14.5. The summed E-state index contributed by atoms with van der Waals surface area (Å²) in [6.07, 6.45) is 13.8. The van der Waals surface area contributed by atoms with Crippen LogP contribution in [0.5, 0.6) is 0 Å². The number of hydrogen-bond acceptors (Lipinski definition) is 3. The Morgan fingerprint density at radius 3 is 2.05 bits per heavy atom. The van der Waals surface area contributed by atoms with Gasteiger partial charge in [0.1, 0.15) is 0 Å². The van der Waals surface area contributed by atoms with Crippen LogP contribution in [0.15, 0.2) is 0 Å². The molecule has 22 heavy (non-hydrogen) atoms. The number of morpholine rings is 1. The van der Waals surface area contributed by atoms with Crippen LogP contribution in [0.4, 0.5) is 0 Å². The summed E-state index contributed by atoms with van der Waals surface area (Å²) in [6, 6.07) is 0. The van der Waals surface area contributed by atoms with Crippen LogP contribution in [0.25, 0.3) is 0 Å². The van der Waals surface area contributed by atoms with E-state index in [9.17, 15) is 4.79 Å². The van der Waals surface area contributed by atoms with Gasteiger partial charge in [0.25, 0.3) is 0 Å². The number of rotatable bonds is 13. The first-order valence-corrected chi connectivity index (χ1v) is 10.4. The van der Waals surface area contributed by atoms with Crippen LogP contribution in [0.3, 0.4) is 0 Å². The molecule has 1 aliphatic heterocycles. The SMILES string of the molecule is CCCCCCCCCCCCSCC(=O)N1CCOCC1. The molecule has 1 fully saturated rings. The highest BCUT2D eigenvalue weighted by Crippen LogP contribution is 2.13. The number of carbonyl (C=O) groups excluding carboxylic acids is 1. The van der Waals surface area contributed by atoms with Crippen LogP contribution in [0.2, 0.25) is 0 Å². The summed E-state index contributed by atoms with van der Waals surface area (Å²) in [4.78, 5) is 13.9. The highest BCUT2D eigenvalue weighted by molar-refractivity contribution is 7.99. The van der Waals surface area contributed by atoms with Gasteiger partial charge in [0.2, 0.25) is 5.91 Å². The molecule has 1 heterocycles. The van der Waals surface area contributed by atoms with E-state index in [1.165, 1.54) is 64.2 Å². The van der Waals surface area contributed by atoms with Crippen LogP contribution in [0.1, 0.15) is 71.1 Å². The summed E-state index contributed by atoms with van der Waals surface area (Å²) in [5.41, 5.74) is 0. The van der Waals surface area contributed by atoms with Crippen LogP contribution in [0, 0.1) is 0 Å². The maximum absolute atomic E-state index is 11.9. The monoisotopic (exact) mass is 329 g/mol. The topological polar surface area (TPSA) is 29.5 Å². The van der Waals surface area contributed by atoms with Gasteiger partial charge in [-0.05, 0) is 12.2 Å². The molecule has 0 atom stereocenters. The summed E-state index contributed by atoms with van der Waals surface area (Å²) in [6.45, 7) is 5.23. The molecule has 1 aliphatic rings. The Balaban J connectivity index is 1.78. The van der Waals surface area contributed by atoms with Crippen LogP contribution >= 0.6 is 11.8 Å². The first-order valence-electron chi connectivity index (χ1n) is 9.28. The Labute approximate surface area is 141 Å². The lowest BCUT2D eigenvalue weighted by Crippen LogP contribution is -2.41. The zero-order chi connectivity index (χ0) is 15.9. The number of carbonyl (C=O) groups is 1. The zero-order valence-corrected chi connectivity index (χ0v) is 15.3. The van der Waals surface area contributed by atoms with E-state index >= 15 is 0 Å². The molecule has 0 saturated carbocycles. The molecular weight excluding hydrogens is 294 g/mol. The average Bonchev–Trinajstić information content (AvgIpc) is 2.56. The Hall–Kier alpha value is -0.220. The normalized spacial score (nSPS) is 15.2. The van der Waals surface area contributed by atoms with Crippen molar-refractivity contribution in [3.8, 4) is 0 Å². The number of amides is 1. The maximum Gasteiger partial charge on any atom is 0.232 e. The molecule has 0 spiro atoms. The standard InChI is InChI=1S/C18H35NO2S/c1-2-3-4-5-6-7-8-9-10-11-16-22-17-18(20)19-12-14-21-15-13-19/h2-17H2,1H3. The first-order chi connectivity index (χ1) is 10.8. The van der Waals surface area contributed by atoms with Crippen molar-refractivity contribution in [1.29, 1.82) is 0 Å². The summed E-state index contributed by atoms with van der Waals surface area (Å²) >= 11 is 1.80. The molecule has 1 saturated heterocycles. The van der Waals surface area contributed by atoms with Crippen molar-refractivity contribution < 1.29 is 9.53 Å². The molecule has 0 unspecified atom stereocenters. The second kappa shape index (κ2) is 14.4. The van der Waals surface area contributed by atoms with Gasteiger partial charge < -0.3 is 9.64 Å². The lowest BCUT2D eigenvalue weighted by molar-refractivity contribution is -0.132. The summed E-state index contributed by atoms with van der Waals surface area (Å²) in [5.74, 6) is 2.07. The van der Waals surface area contributed by atoms with E-state index in [2.05, 4.69) is 6.92 Å². The lowest BCUT2D eigenvalue weighted by Gasteiger charge is -2.26. The second-order valence-electron chi connectivity index (χ2n) is 6.23. The number of unbranched alkanes of at least 4 members (excludes halogenated alkanes) is 9. The molecule has 0 N–H and O–H groups in total. The van der Waals surface area contributed by atoms with Crippen molar-refractivity contribution >= 4 is 17.7 Å². The van der Waals surface area contributed by atoms with Gasteiger partial charge >= 0.3 is 0 Å². The van der Waals surface area contributed by atoms with E-state index in [0.717, 1.165) is 18.8 Å². The maximum atomic E-state index is 11.9. The highest BCUT2D eigenvalue weighted by Gasteiger charge is 2.15. The molecule has 0 bridgehead atoms. The molecule has 0 aromatic carbocycles. The van der Waals surface area contributed by atoms with Gasteiger partial charge in [-0.25, -0.2) is 0 Å². The largest absolute Gasteiger partial charge is 0.378 e. The van der Waals surface area contributed by atoms with E-state index in [1.54, 1.807) is 11.8 Å². The minimum Gasteiger partial charge on any atom is -0.378 e. The van der Waals surface area contributed by atoms with Gasteiger partial charge in [0.15, 0.2) is 0 Å². The van der Waals surface area contributed by atoms with Crippen molar-refractivity contribution in [2.24, 2.45) is 0 Å². The fourth-order valence-corrected chi connectivity index (χ4v) is 3.66. The number of ether oxygens (including phenoxy) is 1. The number of thioether (sulfide) groups is 1. The molecule has 0 radical (unpaired) electrons. The molecule has 0 aromatic rings. The Kier molecular flexibility index (Phi) is 13.0. The van der Waals surface area contributed by atoms with Crippen molar-refractivity contribution in [3.63, 3.8) is 0 Å². The fourth-order valence-electron chi connectivity index (χ4n) is 2.76. The summed E-state index contributed by atoms with van der Waals surface area (Å²) < 4.78 is 5.27. The third kappa shape index (κ3) is 10.5. The predicted octanol–water partition coefficient (Wildman–Crippen LogP) is 4.50. The van der Waals surface area contributed by atoms with Gasteiger partial charge in [-0.15, -0.1) is 0 Å². The third-order valence-corrected chi connectivity index (χ3v) is 5.26. The van der Waals surface area contributed by atoms with E-state index in [-0.39, 0.29) is 0 Å². The van der Waals surface area contributed by atoms with Gasteiger partial charge in [-0.2, -0.15) is 11.8 Å². The van der Waals surface area contributed by atoms with Gasteiger partial charge in [-0.3, -0.25) is 4.79 Å². The Morgan fingerprint density at radius 1 is 0.909 bits per heavy atom. The fraction of sp³-hybridized carbons (Fsp3) is 0.944. The minimum absolute atomic E-state index is 0.292. The van der Waals surface area contributed by atoms with Crippen LogP contribution < -0.4 is 0 Å². The number of nitrogens with zero attached hydrogens (tertiary/aromatic N) is 1. The van der Waals surface area contributed by atoms with Crippen LogP contribution in [-0.4, -0.2) is 48.6 Å². The molecule has 130 valence electrons. The molecule has 0 aliphatic carbocycles. The van der Waals surface area contributed by atoms with Gasteiger partial charge in [0, 0.05) is 13.1 Å². The van der Waals surface area contributed by atoms with Crippen molar-refractivity contribution in [2.75, 3.05) is 37.8 Å². The molecule has 1 amide bonds. The molecule has 3 nitrogen and oxygen atoms in total. The van der Waals surface area contributed by atoms with Gasteiger partial charge in [-0.1, -0.05) is 64.7 Å². The molecular formula is C18H35NO2S. The van der Waals surface area contributed by atoms with E-state index < -0.39 is 0 Å².